The van der Waals surface area contributed by atoms with Gasteiger partial charge in [-0.2, -0.15) is 0 Å². The Morgan fingerprint density at radius 3 is 2.79 bits per heavy atom. The Morgan fingerprint density at radius 1 is 1.58 bits per heavy atom. The van der Waals surface area contributed by atoms with E-state index >= 15 is 0 Å². The van der Waals surface area contributed by atoms with E-state index in [2.05, 4.69) is 10.3 Å². The number of hydrogen-bond acceptors (Lipinski definition) is 4. The molecule has 1 atom stereocenters. The van der Waals surface area contributed by atoms with Gasteiger partial charge in [-0.05, 0) is 0 Å². The van der Waals surface area contributed by atoms with Crippen LogP contribution in [0.15, 0.2) is 10.6 Å². The molecule has 19 heavy (non-hydrogen) atoms. The van der Waals surface area contributed by atoms with E-state index in [0.717, 1.165) is 12.2 Å². The fourth-order valence-corrected chi connectivity index (χ4v) is 1.45. The third-order valence-corrected chi connectivity index (χ3v) is 2.66. The maximum atomic E-state index is 11.7. The Kier molecular flexibility index (Phi) is 5.35. The zero-order chi connectivity index (χ0) is 14.4. The van der Waals surface area contributed by atoms with Crippen molar-refractivity contribution in [1.82, 2.24) is 15.2 Å². The van der Waals surface area contributed by atoms with Gasteiger partial charge in [0.1, 0.15) is 5.76 Å². The number of nitrogens with zero attached hydrogens (tertiary/aromatic N) is 2. The summed E-state index contributed by atoms with van der Waals surface area (Å²) in [5, 5.41) is 11.4. The first-order chi connectivity index (χ1) is 8.93. The largest absolute Gasteiger partial charge is 0.481 e. The lowest BCUT2D eigenvalue weighted by atomic mass is 10.2. The molecule has 7 nitrogen and oxygen atoms in total. The number of carboxylic acids is 1. The second-order valence-corrected chi connectivity index (χ2v) is 4.35. The SMILES string of the molecule is CCc1cnc(CNC(=O)N(C)CC(C)C(=O)O)o1. The van der Waals surface area contributed by atoms with Crippen molar-refractivity contribution in [3.05, 3.63) is 17.8 Å². The van der Waals surface area contributed by atoms with Gasteiger partial charge >= 0.3 is 12.0 Å². The fourth-order valence-electron chi connectivity index (χ4n) is 1.45. The van der Waals surface area contributed by atoms with Crippen molar-refractivity contribution in [3.8, 4) is 0 Å². The van der Waals surface area contributed by atoms with Gasteiger partial charge in [-0.1, -0.05) is 13.8 Å². The van der Waals surface area contributed by atoms with Crippen LogP contribution in [-0.2, 0) is 17.8 Å². The Balaban J connectivity index is 2.40. The van der Waals surface area contributed by atoms with E-state index in [0.29, 0.717) is 5.89 Å². The Hall–Kier alpha value is -2.05. The normalized spacial score (nSPS) is 11.9. The number of nitrogens with one attached hydrogen (secondary N) is 1. The van der Waals surface area contributed by atoms with E-state index in [1.807, 2.05) is 6.92 Å². The minimum absolute atomic E-state index is 0.146. The van der Waals surface area contributed by atoms with Gasteiger partial charge in [0.2, 0.25) is 5.89 Å². The quantitative estimate of drug-likeness (QED) is 0.806. The van der Waals surface area contributed by atoms with Gasteiger partial charge < -0.3 is 19.7 Å². The molecule has 7 heteroatoms. The number of aliphatic carboxylic acids is 1. The molecule has 0 aliphatic heterocycles. The fraction of sp³-hybridized carbons (Fsp3) is 0.583. The number of rotatable bonds is 6. The van der Waals surface area contributed by atoms with Crippen LogP contribution in [0, 0.1) is 5.92 Å². The van der Waals surface area contributed by atoms with Crippen LogP contribution in [0.2, 0.25) is 0 Å². The molecule has 2 amide bonds. The number of oxazole rings is 1. The highest BCUT2D eigenvalue weighted by molar-refractivity contribution is 5.75. The summed E-state index contributed by atoms with van der Waals surface area (Å²) in [6.07, 6.45) is 2.37. The van der Waals surface area contributed by atoms with Crippen LogP contribution in [0.25, 0.3) is 0 Å². The average Bonchev–Trinajstić information content (AvgIpc) is 2.83. The van der Waals surface area contributed by atoms with Gasteiger partial charge in [0.25, 0.3) is 0 Å². The number of amides is 2. The lowest BCUT2D eigenvalue weighted by Crippen LogP contribution is -2.40. The molecule has 0 aliphatic rings. The molecule has 0 fully saturated rings. The van der Waals surface area contributed by atoms with Crippen molar-refractivity contribution >= 4 is 12.0 Å². The predicted molar refractivity (Wildman–Crippen MR) is 67.5 cm³/mol. The van der Waals surface area contributed by atoms with Crippen LogP contribution in [0.5, 0.6) is 0 Å². The number of hydrogen-bond donors (Lipinski definition) is 2. The van der Waals surface area contributed by atoms with Gasteiger partial charge in [-0.15, -0.1) is 0 Å². The number of aromatic nitrogens is 1. The minimum Gasteiger partial charge on any atom is -0.481 e. The highest BCUT2D eigenvalue weighted by Gasteiger charge is 2.17. The molecular formula is C12H19N3O4. The van der Waals surface area contributed by atoms with Crippen LogP contribution in [0.3, 0.4) is 0 Å². The second-order valence-electron chi connectivity index (χ2n) is 4.35. The summed E-state index contributed by atoms with van der Waals surface area (Å²) in [4.78, 5) is 27.7. The van der Waals surface area contributed by atoms with E-state index in [4.69, 9.17) is 9.52 Å². The Bertz CT molecular complexity index is 444. The molecule has 0 aliphatic carbocycles. The summed E-state index contributed by atoms with van der Waals surface area (Å²) in [6.45, 7) is 3.83. The number of carbonyl (C=O) groups excluding carboxylic acids is 1. The summed E-state index contributed by atoms with van der Waals surface area (Å²) in [6, 6.07) is -0.357. The van der Waals surface area contributed by atoms with Gasteiger partial charge in [-0.25, -0.2) is 9.78 Å². The molecule has 0 aromatic carbocycles. The van der Waals surface area contributed by atoms with Gasteiger partial charge in [-0.3, -0.25) is 4.79 Å². The predicted octanol–water partition coefficient (Wildman–Crippen LogP) is 1.10. The maximum Gasteiger partial charge on any atom is 0.317 e. The van der Waals surface area contributed by atoms with Gasteiger partial charge in [0.05, 0.1) is 18.7 Å². The van der Waals surface area contributed by atoms with E-state index in [9.17, 15) is 9.59 Å². The van der Waals surface area contributed by atoms with E-state index in [1.54, 1.807) is 20.2 Å². The molecule has 0 saturated heterocycles. The molecule has 1 aromatic rings. The molecule has 0 radical (unpaired) electrons. The molecule has 2 N–H and O–H groups in total. The first kappa shape index (κ1) is 15.0. The number of carbonyl (C=O) groups is 2. The summed E-state index contributed by atoms with van der Waals surface area (Å²) in [5.41, 5.74) is 0. The third-order valence-electron chi connectivity index (χ3n) is 2.66. The Labute approximate surface area is 111 Å². The molecular weight excluding hydrogens is 250 g/mol. The van der Waals surface area contributed by atoms with Crippen LogP contribution < -0.4 is 5.32 Å². The van der Waals surface area contributed by atoms with E-state index in [-0.39, 0.29) is 19.1 Å². The monoisotopic (exact) mass is 269 g/mol. The van der Waals surface area contributed by atoms with Crippen molar-refractivity contribution in [2.75, 3.05) is 13.6 Å². The molecule has 0 spiro atoms. The standard InChI is InChI=1S/C12H19N3O4/c1-4-9-5-13-10(19-9)6-14-12(18)15(3)7-8(2)11(16)17/h5,8H,4,6-7H2,1-3H3,(H,14,18)(H,16,17). The molecule has 0 bridgehead atoms. The number of aryl methyl sites for hydroxylation is 1. The van der Waals surface area contributed by atoms with Crippen LogP contribution >= 0.6 is 0 Å². The van der Waals surface area contributed by atoms with Crippen molar-refractivity contribution < 1.29 is 19.1 Å². The number of urea groups is 1. The highest BCUT2D eigenvalue weighted by atomic mass is 16.4. The molecule has 106 valence electrons. The summed E-state index contributed by atoms with van der Waals surface area (Å²) < 4.78 is 5.34. The van der Waals surface area contributed by atoms with Crippen molar-refractivity contribution in [3.63, 3.8) is 0 Å². The van der Waals surface area contributed by atoms with Crippen molar-refractivity contribution in [1.29, 1.82) is 0 Å². The lowest BCUT2D eigenvalue weighted by molar-refractivity contribution is -0.141. The van der Waals surface area contributed by atoms with Gasteiger partial charge in [0.15, 0.2) is 0 Å². The zero-order valence-corrected chi connectivity index (χ0v) is 11.3. The van der Waals surface area contributed by atoms with Crippen LogP contribution in [-0.4, -0.2) is 40.6 Å². The zero-order valence-electron chi connectivity index (χ0n) is 11.3. The number of carboxylic acid groups (broad SMARTS) is 1. The molecule has 0 saturated carbocycles. The summed E-state index contributed by atoms with van der Waals surface area (Å²) >= 11 is 0. The first-order valence-corrected chi connectivity index (χ1v) is 6.09. The smallest absolute Gasteiger partial charge is 0.317 e. The van der Waals surface area contributed by atoms with Crippen LogP contribution in [0.1, 0.15) is 25.5 Å². The Morgan fingerprint density at radius 2 is 2.26 bits per heavy atom. The second kappa shape index (κ2) is 6.77. The lowest BCUT2D eigenvalue weighted by Gasteiger charge is -2.19. The average molecular weight is 269 g/mol. The summed E-state index contributed by atoms with van der Waals surface area (Å²) in [7, 11) is 1.54. The van der Waals surface area contributed by atoms with Gasteiger partial charge in [0, 0.05) is 20.0 Å². The van der Waals surface area contributed by atoms with Crippen molar-refractivity contribution in [2.45, 2.75) is 26.8 Å². The summed E-state index contributed by atoms with van der Waals surface area (Å²) in [5.74, 6) is -0.342. The van der Waals surface area contributed by atoms with Crippen LogP contribution in [0.4, 0.5) is 4.79 Å². The molecule has 1 aromatic heterocycles. The molecule has 1 heterocycles. The van der Waals surface area contributed by atoms with E-state index in [1.165, 1.54) is 4.90 Å². The minimum atomic E-state index is -0.931. The van der Waals surface area contributed by atoms with E-state index < -0.39 is 11.9 Å². The first-order valence-electron chi connectivity index (χ1n) is 6.09. The maximum absolute atomic E-state index is 11.7. The molecule has 1 unspecified atom stereocenters. The molecule has 1 rings (SSSR count). The highest BCUT2D eigenvalue weighted by Crippen LogP contribution is 2.04. The topological polar surface area (TPSA) is 95.7 Å². The third kappa shape index (κ3) is 4.61. The van der Waals surface area contributed by atoms with Crippen molar-refractivity contribution in [2.24, 2.45) is 5.92 Å².